The van der Waals surface area contributed by atoms with E-state index in [1.165, 1.54) is 11.3 Å². The van der Waals surface area contributed by atoms with E-state index in [2.05, 4.69) is 63.1 Å². The molecule has 126 valence electrons. The minimum atomic E-state index is 0.925. The number of rotatable bonds is 3. The zero-order valence-electron chi connectivity index (χ0n) is 14.3. The Labute approximate surface area is 148 Å². The van der Waals surface area contributed by atoms with Crippen molar-refractivity contribution in [1.82, 2.24) is 15.0 Å². The van der Waals surface area contributed by atoms with Gasteiger partial charge in [0.15, 0.2) is 0 Å². The van der Waals surface area contributed by atoms with Gasteiger partial charge in [0.2, 0.25) is 0 Å². The summed E-state index contributed by atoms with van der Waals surface area (Å²) in [6.45, 7) is 5.91. The van der Waals surface area contributed by atoms with Crippen LogP contribution in [-0.2, 0) is 0 Å². The summed E-state index contributed by atoms with van der Waals surface area (Å²) in [5, 5.41) is 0. The van der Waals surface area contributed by atoms with Crippen molar-refractivity contribution in [3.63, 3.8) is 0 Å². The zero-order chi connectivity index (χ0) is 17.1. The highest BCUT2D eigenvalue weighted by Gasteiger charge is 2.19. The molecule has 1 aromatic carbocycles. The standard InChI is InChI=1S/C20H21N5/c1-16-2-4-17(5-3-16)19-14-22-15-20(23-19)25-12-10-24(11-13-25)18-6-8-21-9-7-18/h2-9,14-15H,10-13H2,1H3. The molecular formula is C20H21N5. The number of aromatic nitrogens is 3. The molecule has 0 amide bonds. The highest BCUT2D eigenvalue weighted by Crippen LogP contribution is 2.22. The molecule has 0 aliphatic carbocycles. The molecule has 0 radical (unpaired) electrons. The molecule has 5 nitrogen and oxygen atoms in total. The van der Waals surface area contributed by atoms with Crippen LogP contribution in [0.4, 0.5) is 11.5 Å². The molecule has 0 N–H and O–H groups in total. The van der Waals surface area contributed by atoms with Crippen molar-refractivity contribution in [2.75, 3.05) is 36.0 Å². The highest BCUT2D eigenvalue weighted by molar-refractivity contribution is 5.60. The molecule has 1 saturated heterocycles. The van der Waals surface area contributed by atoms with Crippen LogP contribution in [0.1, 0.15) is 5.56 Å². The third-order valence-corrected chi connectivity index (χ3v) is 4.60. The number of anilines is 2. The summed E-state index contributed by atoms with van der Waals surface area (Å²) >= 11 is 0. The molecule has 2 aromatic heterocycles. The van der Waals surface area contributed by atoms with Crippen LogP contribution in [0.3, 0.4) is 0 Å². The number of aryl methyl sites for hydroxylation is 1. The summed E-state index contributed by atoms with van der Waals surface area (Å²) in [7, 11) is 0. The van der Waals surface area contributed by atoms with Gasteiger partial charge in [0.25, 0.3) is 0 Å². The van der Waals surface area contributed by atoms with Crippen LogP contribution >= 0.6 is 0 Å². The van der Waals surface area contributed by atoms with Gasteiger partial charge in [0.05, 0.1) is 18.1 Å². The Morgan fingerprint density at radius 1 is 0.760 bits per heavy atom. The van der Waals surface area contributed by atoms with Crippen molar-refractivity contribution in [2.45, 2.75) is 6.92 Å². The van der Waals surface area contributed by atoms with E-state index >= 15 is 0 Å². The van der Waals surface area contributed by atoms with E-state index < -0.39 is 0 Å². The Morgan fingerprint density at radius 3 is 2.16 bits per heavy atom. The van der Waals surface area contributed by atoms with E-state index in [0.717, 1.165) is 43.3 Å². The first-order chi connectivity index (χ1) is 12.3. The van der Waals surface area contributed by atoms with Crippen molar-refractivity contribution in [3.8, 4) is 11.3 Å². The van der Waals surface area contributed by atoms with E-state index in [1.807, 2.05) is 24.8 Å². The lowest BCUT2D eigenvalue weighted by Gasteiger charge is -2.36. The summed E-state index contributed by atoms with van der Waals surface area (Å²) in [6.07, 6.45) is 7.39. The minimum Gasteiger partial charge on any atom is -0.368 e. The van der Waals surface area contributed by atoms with Crippen molar-refractivity contribution >= 4 is 11.5 Å². The maximum absolute atomic E-state index is 4.83. The largest absolute Gasteiger partial charge is 0.368 e. The first-order valence-corrected chi connectivity index (χ1v) is 8.58. The SMILES string of the molecule is Cc1ccc(-c2cncc(N3CCN(c4ccncc4)CC3)n2)cc1. The monoisotopic (exact) mass is 331 g/mol. The molecule has 0 atom stereocenters. The number of nitrogens with zero attached hydrogens (tertiary/aromatic N) is 5. The van der Waals surface area contributed by atoms with Crippen LogP contribution < -0.4 is 9.80 Å². The average molecular weight is 331 g/mol. The van der Waals surface area contributed by atoms with E-state index in [0.29, 0.717) is 0 Å². The molecule has 25 heavy (non-hydrogen) atoms. The molecule has 1 fully saturated rings. The molecular weight excluding hydrogens is 310 g/mol. The second-order valence-corrected chi connectivity index (χ2v) is 6.31. The molecule has 0 bridgehead atoms. The Kier molecular flexibility index (Phi) is 4.29. The van der Waals surface area contributed by atoms with Crippen molar-refractivity contribution < 1.29 is 0 Å². The topological polar surface area (TPSA) is 45.2 Å². The normalized spacial score (nSPS) is 14.6. The summed E-state index contributed by atoms with van der Waals surface area (Å²) in [4.78, 5) is 18.0. The fourth-order valence-corrected chi connectivity index (χ4v) is 3.12. The van der Waals surface area contributed by atoms with Gasteiger partial charge in [-0.2, -0.15) is 0 Å². The van der Waals surface area contributed by atoms with E-state index in [4.69, 9.17) is 4.98 Å². The third kappa shape index (κ3) is 3.45. The van der Waals surface area contributed by atoms with Crippen LogP contribution in [0, 0.1) is 6.92 Å². The molecule has 3 heterocycles. The van der Waals surface area contributed by atoms with Gasteiger partial charge in [-0.25, -0.2) is 4.98 Å². The van der Waals surface area contributed by atoms with Gasteiger partial charge in [0, 0.05) is 49.8 Å². The number of pyridine rings is 1. The van der Waals surface area contributed by atoms with Crippen LogP contribution in [-0.4, -0.2) is 41.1 Å². The fourth-order valence-electron chi connectivity index (χ4n) is 3.12. The maximum atomic E-state index is 4.83. The van der Waals surface area contributed by atoms with Gasteiger partial charge in [-0.05, 0) is 19.1 Å². The Morgan fingerprint density at radius 2 is 1.44 bits per heavy atom. The predicted molar refractivity (Wildman–Crippen MR) is 101 cm³/mol. The molecule has 0 saturated carbocycles. The van der Waals surface area contributed by atoms with Crippen LogP contribution in [0.2, 0.25) is 0 Å². The predicted octanol–water partition coefficient (Wildman–Crippen LogP) is 3.17. The molecule has 1 aliphatic heterocycles. The second kappa shape index (κ2) is 6.89. The number of piperazine rings is 1. The Bertz CT molecular complexity index is 824. The molecule has 5 heteroatoms. The van der Waals surface area contributed by atoms with Crippen LogP contribution in [0.15, 0.2) is 61.2 Å². The molecule has 0 spiro atoms. The average Bonchev–Trinajstić information content (AvgIpc) is 2.69. The number of hydrogen-bond donors (Lipinski definition) is 0. The Balaban J connectivity index is 1.48. The molecule has 3 aromatic rings. The van der Waals surface area contributed by atoms with Crippen molar-refractivity contribution in [3.05, 3.63) is 66.7 Å². The first-order valence-electron chi connectivity index (χ1n) is 8.58. The number of benzene rings is 1. The lowest BCUT2D eigenvalue weighted by molar-refractivity contribution is 0.646. The van der Waals surface area contributed by atoms with Gasteiger partial charge in [-0.1, -0.05) is 29.8 Å². The van der Waals surface area contributed by atoms with Gasteiger partial charge >= 0.3 is 0 Å². The smallest absolute Gasteiger partial charge is 0.147 e. The van der Waals surface area contributed by atoms with Crippen molar-refractivity contribution in [1.29, 1.82) is 0 Å². The minimum absolute atomic E-state index is 0.925. The van der Waals surface area contributed by atoms with Gasteiger partial charge < -0.3 is 9.80 Å². The summed E-state index contributed by atoms with van der Waals surface area (Å²) in [5.74, 6) is 0.951. The summed E-state index contributed by atoms with van der Waals surface area (Å²) in [6, 6.07) is 12.5. The highest BCUT2D eigenvalue weighted by atomic mass is 15.3. The van der Waals surface area contributed by atoms with Crippen LogP contribution in [0.25, 0.3) is 11.3 Å². The van der Waals surface area contributed by atoms with Crippen LogP contribution in [0.5, 0.6) is 0 Å². The van der Waals surface area contributed by atoms with Gasteiger partial charge in [-0.3, -0.25) is 9.97 Å². The molecule has 4 rings (SSSR count). The first kappa shape index (κ1) is 15.6. The maximum Gasteiger partial charge on any atom is 0.147 e. The van der Waals surface area contributed by atoms with E-state index in [9.17, 15) is 0 Å². The van der Waals surface area contributed by atoms with E-state index in [-0.39, 0.29) is 0 Å². The molecule has 0 unspecified atom stereocenters. The fraction of sp³-hybridized carbons (Fsp3) is 0.250. The number of hydrogen-bond acceptors (Lipinski definition) is 5. The Hall–Kier alpha value is -2.95. The van der Waals surface area contributed by atoms with Gasteiger partial charge in [-0.15, -0.1) is 0 Å². The molecule has 1 aliphatic rings. The van der Waals surface area contributed by atoms with Gasteiger partial charge in [0.1, 0.15) is 5.82 Å². The second-order valence-electron chi connectivity index (χ2n) is 6.31. The third-order valence-electron chi connectivity index (χ3n) is 4.60. The summed E-state index contributed by atoms with van der Waals surface area (Å²) < 4.78 is 0. The van der Waals surface area contributed by atoms with Crippen molar-refractivity contribution in [2.24, 2.45) is 0 Å². The quantitative estimate of drug-likeness (QED) is 0.737. The lowest BCUT2D eigenvalue weighted by atomic mass is 10.1. The zero-order valence-corrected chi connectivity index (χ0v) is 14.3. The van der Waals surface area contributed by atoms with E-state index in [1.54, 1.807) is 0 Å². The summed E-state index contributed by atoms with van der Waals surface area (Å²) in [5.41, 5.74) is 4.51. The lowest BCUT2D eigenvalue weighted by Crippen LogP contribution is -2.46.